The van der Waals surface area contributed by atoms with Gasteiger partial charge in [-0.25, -0.2) is 9.97 Å². The van der Waals surface area contributed by atoms with Crippen molar-refractivity contribution < 1.29 is 4.74 Å². The molecular formula is C24H28N4O2. The topological polar surface area (TPSA) is 71.1 Å². The zero-order valence-electron chi connectivity index (χ0n) is 17.6. The standard InChI is InChI=1S/C24H28N4O2/c1-3-20-15-23(29)27-24(26-20)19-7-8-22(25-16-19)28-11-9-17(10-12-28)13-18-5-4-6-21(14-18)30-2/h4-8,14-17H,3,9-13H2,1-2H3,(H,26,27,29). The van der Waals surface area contributed by atoms with E-state index in [0.717, 1.165) is 61.6 Å². The minimum absolute atomic E-state index is 0.126. The largest absolute Gasteiger partial charge is 0.497 e. The highest BCUT2D eigenvalue weighted by Gasteiger charge is 2.20. The molecule has 0 atom stereocenters. The van der Waals surface area contributed by atoms with Crippen LogP contribution < -0.4 is 15.2 Å². The van der Waals surface area contributed by atoms with E-state index in [1.165, 1.54) is 5.56 Å². The molecule has 1 saturated heterocycles. The number of anilines is 1. The molecule has 0 saturated carbocycles. The summed E-state index contributed by atoms with van der Waals surface area (Å²) in [5.41, 5.74) is 2.83. The lowest BCUT2D eigenvalue weighted by Gasteiger charge is -2.33. The van der Waals surface area contributed by atoms with Gasteiger partial charge in [0.05, 0.1) is 7.11 Å². The van der Waals surface area contributed by atoms with E-state index in [1.807, 2.05) is 25.1 Å². The molecular weight excluding hydrogens is 376 g/mol. The van der Waals surface area contributed by atoms with Crippen molar-refractivity contribution >= 4 is 5.82 Å². The molecule has 4 rings (SSSR count). The Kier molecular flexibility index (Phi) is 6.12. The molecule has 1 N–H and O–H groups in total. The highest BCUT2D eigenvalue weighted by molar-refractivity contribution is 5.56. The molecule has 1 fully saturated rings. The van der Waals surface area contributed by atoms with Gasteiger partial charge in [-0.3, -0.25) is 4.79 Å². The van der Waals surface area contributed by atoms with Crippen molar-refractivity contribution in [1.29, 1.82) is 0 Å². The molecule has 0 bridgehead atoms. The van der Waals surface area contributed by atoms with Gasteiger partial charge in [0.2, 0.25) is 0 Å². The second-order valence-corrected chi connectivity index (χ2v) is 7.83. The lowest BCUT2D eigenvalue weighted by Crippen LogP contribution is -2.34. The Bertz CT molecular complexity index is 1040. The maximum absolute atomic E-state index is 11.8. The second-order valence-electron chi connectivity index (χ2n) is 7.83. The highest BCUT2D eigenvalue weighted by atomic mass is 16.5. The average molecular weight is 405 g/mol. The van der Waals surface area contributed by atoms with Crippen molar-refractivity contribution in [3.05, 3.63) is 70.3 Å². The molecule has 0 amide bonds. The molecule has 1 aliphatic heterocycles. The van der Waals surface area contributed by atoms with Gasteiger partial charge in [-0.05, 0) is 61.4 Å². The Balaban J connectivity index is 1.38. The number of pyridine rings is 1. The maximum Gasteiger partial charge on any atom is 0.251 e. The van der Waals surface area contributed by atoms with Crippen LogP contribution in [-0.4, -0.2) is 35.2 Å². The van der Waals surface area contributed by atoms with Crippen molar-refractivity contribution in [3.63, 3.8) is 0 Å². The number of aromatic nitrogens is 3. The number of piperidine rings is 1. The number of methoxy groups -OCH3 is 1. The normalized spacial score (nSPS) is 14.7. The molecule has 6 heteroatoms. The number of nitrogens with one attached hydrogen (secondary N) is 1. The second kappa shape index (κ2) is 9.11. The lowest BCUT2D eigenvalue weighted by molar-refractivity contribution is 0.398. The summed E-state index contributed by atoms with van der Waals surface area (Å²) in [7, 11) is 1.71. The van der Waals surface area contributed by atoms with Gasteiger partial charge in [-0.1, -0.05) is 19.1 Å². The van der Waals surface area contributed by atoms with E-state index in [2.05, 4.69) is 38.1 Å². The number of aromatic amines is 1. The minimum atomic E-state index is -0.126. The lowest BCUT2D eigenvalue weighted by atomic mass is 9.90. The van der Waals surface area contributed by atoms with Gasteiger partial charge in [0.1, 0.15) is 17.4 Å². The van der Waals surface area contributed by atoms with Crippen LogP contribution in [0.3, 0.4) is 0 Å². The summed E-state index contributed by atoms with van der Waals surface area (Å²) < 4.78 is 5.34. The summed E-state index contributed by atoms with van der Waals surface area (Å²) in [6, 6.07) is 13.9. The first-order valence-electron chi connectivity index (χ1n) is 10.6. The number of ether oxygens (including phenoxy) is 1. The summed E-state index contributed by atoms with van der Waals surface area (Å²) in [6.07, 6.45) is 5.91. The fourth-order valence-electron chi connectivity index (χ4n) is 4.04. The van der Waals surface area contributed by atoms with Crippen molar-refractivity contribution in [1.82, 2.24) is 15.0 Å². The molecule has 156 valence electrons. The van der Waals surface area contributed by atoms with Crippen LogP contribution in [0.4, 0.5) is 5.82 Å². The van der Waals surface area contributed by atoms with Crippen LogP contribution in [0.15, 0.2) is 53.5 Å². The predicted octanol–water partition coefficient (Wildman–Crippen LogP) is 3.86. The van der Waals surface area contributed by atoms with Crippen LogP contribution in [0.1, 0.15) is 31.0 Å². The molecule has 3 heterocycles. The molecule has 1 aromatic carbocycles. The Hall–Kier alpha value is -3.15. The van der Waals surface area contributed by atoms with Gasteiger partial charge in [0.15, 0.2) is 0 Å². The summed E-state index contributed by atoms with van der Waals surface area (Å²) in [6.45, 7) is 3.99. The van der Waals surface area contributed by atoms with E-state index in [1.54, 1.807) is 19.4 Å². The first kappa shape index (κ1) is 20.1. The summed E-state index contributed by atoms with van der Waals surface area (Å²) in [4.78, 5) is 26.1. The molecule has 0 aliphatic carbocycles. The van der Waals surface area contributed by atoms with Gasteiger partial charge in [0.25, 0.3) is 5.56 Å². The number of benzene rings is 1. The maximum atomic E-state index is 11.8. The smallest absolute Gasteiger partial charge is 0.251 e. The molecule has 3 aromatic rings. The first-order chi connectivity index (χ1) is 14.6. The van der Waals surface area contributed by atoms with Gasteiger partial charge in [-0.2, -0.15) is 0 Å². The Labute approximate surface area is 177 Å². The monoisotopic (exact) mass is 404 g/mol. The van der Waals surface area contributed by atoms with Crippen LogP contribution in [0.5, 0.6) is 5.75 Å². The summed E-state index contributed by atoms with van der Waals surface area (Å²) >= 11 is 0. The van der Waals surface area contributed by atoms with Crippen LogP contribution in [0, 0.1) is 5.92 Å². The fourth-order valence-corrected chi connectivity index (χ4v) is 4.04. The Morgan fingerprint density at radius 1 is 1.17 bits per heavy atom. The van der Waals surface area contributed by atoms with Crippen LogP contribution in [0.25, 0.3) is 11.4 Å². The van der Waals surface area contributed by atoms with E-state index < -0.39 is 0 Å². The zero-order valence-corrected chi connectivity index (χ0v) is 17.6. The minimum Gasteiger partial charge on any atom is -0.497 e. The third kappa shape index (κ3) is 4.70. The number of rotatable bonds is 6. The molecule has 0 radical (unpaired) electrons. The third-order valence-corrected chi connectivity index (χ3v) is 5.78. The third-order valence-electron chi connectivity index (χ3n) is 5.78. The molecule has 30 heavy (non-hydrogen) atoms. The summed E-state index contributed by atoms with van der Waals surface area (Å²) in [5, 5.41) is 0. The van der Waals surface area contributed by atoms with Gasteiger partial charge in [-0.15, -0.1) is 0 Å². The van der Waals surface area contributed by atoms with Crippen molar-refractivity contribution in [2.75, 3.05) is 25.1 Å². The van der Waals surface area contributed by atoms with E-state index in [4.69, 9.17) is 4.74 Å². The van der Waals surface area contributed by atoms with Crippen molar-refractivity contribution in [2.45, 2.75) is 32.6 Å². The molecule has 6 nitrogen and oxygen atoms in total. The van der Waals surface area contributed by atoms with Crippen LogP contribution in [-0.2, 0) is 12.8 Å². The van der Waals surface area contributed by atoms with Crippen LogP contribution >= 0.6 is 0 Å². The predicted molar refractivity (Wildman–Crippen MR) is 119 cm³/mol. The van der Waals surface area contributed by atoms with E-state index in [9.17, 15) is 4.79 Å². The van der Waals surface area contributed by atoms with Gasteiger partial charge >= 0.3 is 0 Å². The van der Waals surface area contributed by atoms with Crippen molar-refractivity contribution in [3.8, 4) is 17.1 Å². The quantitative estimate of drug-likeness (QED) is 0.675. The highest BCUT2D eigenvalue weighted by Crippen LogP contribution is 2.26. The first-order valence-corrected chi connectivity index (χ1v) is 10.6. The van der Waals surface area contributed by atoms with Crippen LogP contribution in [0.2, 0.25) is 0 Å². The molecule has 0 unspecified atom stereocenters. The van der Waals surface area contributed by atoms with E-state index in [0.29, 0.717) is 11.7 Å². The fraction of sp³-hybridized carbons (Fsp3) is 0.375. The van der Waals surface area contributed by atoms with E-state index >= 15 is 0 Å². The number of H-pyrrole nitrogens is 1. The summed E-state index contributed by atoms with van der Waals surface area (Å²) in [5.74, 6) is 3.16. The Morgan fingerprint density at radius 2 is 2.00 bits per heavy atom. The molecule has 1 aliphatic rings. The number of nitrogens with zero attached hydrogens (tertiary/aromatic N) is 3. The van der Waals surface area contributed by atoms with Gasteiger partial charge < -0.3 is 14.6 Å². The number of hydrogen-bond donors (Lipinski definition) is 1. The zero-order chi connectivity index (χ0) is 20.9. The van der Waals surface area contributed by atoms with Gasteiger partial charge in [0, 0.05) is 36.6 Å². The van der Waals surface area contributed by atoms with E-state index in [-0.39, 0.29) is 5.56 Å². The molecule has 0 spiro atoms. The number of aryl methyl sites for hydroxylation is 1. The number of hydrogen-bond acceptors (Lipinski definition) is 5. The van der Waals surface area contributed by atoms with Crippen molar-refractivity contribution in [2.24, 2.45) is 5.92 Å². The molecule has 2 aromatic heterocycles. The SMILES string of the molecule is CCc1cc(=O)[nH]c(-c2ccc(N3CCC(Cc4cccc(OC)c4)CC3)nc2)n1. The average Bonchev–Trinajstić information content (AvgIpc) is 2.79. The Morgan fingerprint density at radius 3 is 2.70 bits per heavy atom.